The molecule has 0 saturated carbocycles. The van der Waals surface area contributed by atoms with E-state index < -0.39 is 4.92 Å². The number of anilines is 1. The quantitative estimate of drug-likeness (QED) is 0.649. The number of carbonyl (C=O) groups excluding carboxylic acids is 2. The van der Waals surface area contributed by atoms with Gasteiger partial charge in [-0.1, -0.05) is 18.2 Å². The maximum absolute atomic E-state index is 12.3. The minimum Gasteiger partial charge on any atom is -0.351 e. The van der Waals surface area contributed by atoms with E-state index in [1.54, 1.807) is 17.0 Å². The number of hydrogen-bond donors (Lipinski definition) is 1. The van der Waals surface area contributed by atoms with Crippen LogP contribution in [0.5, 0.6) is 0 Å². The summed E-state index contributed by atoms with van der Waals surface area (Å²) in [5.41, 5.74) is 3.80. The second kappa shape index (κ2) is 7.57. The molecular formula is C20H21N3O4. The summed E-state index contributed by atoms with van der Waals surface area (Å²) < 4.78 is 0. The molecule has 1 heterocycles. The third-order valence-corrected chi connectivity index (χ3v) is 4.80. The van der Waals surface area contributed by atoms with Crippen LogP contribution in [0.1, 0.15) is 23.1 Å². The average Bonchev–Trinajstić information content (AvgIpc) is 2.97. The zero-order valence-corrected chi connectivity index (χ0v) is 15.3. The molecule has 1 fully saturated rings. The predicted molar refractivity (Wildman–Crippen MR) is 102 cm³/mol. The van der Waals surface area contributed by atoms with Gasteiger partial charge >= 0.3 is 0 Å². The van der Waals surface area contributed by atoms with Gasteiger partial charge in [0.15, 0.2) is 0 Å². The molecule has 2 aromatic rings. The Morgan fingerprint density at radius 1 is 1.19 bits per heavy atom. The van der Waals surface area contributed by atoms with Gasteiger partial charge in [0.25, 0.3) is 5.69 Å². The third kappa shape index (κ3) is 4.31. The van der Waals surface area contributed by atoms with E-state index in [9.17, 15) is 19.7 Å². The Balaban J connectivity index is 1.59. The summed E-state index contributed by atoms with van der Waals surface area (Å²) in [6.45, 7) is 4.46. The SMILES string of the molecule is Cc1ccc(N2C[C@@H](NC(=O)Cc3ccc([N+](=O)[O-])cc3)CC2=O)cc1C. The summed E-state index contributed by atoms with van der Waals surface area (Å²) in [5.74, 6) is -0.220. The molecule has 1 atom stereocenters. The van der Waals surface area contributed by atoms with Gasteiger partial charge in [0.1, 0.15) is 0 Å². The van der Waals surface area contributed by atoms with Crippen molar-refractivity contribution < 1.29 is 14.5 Å². The largest absolute Gasteiger partial charge is 0.351 e. The van der Waals surface area contributed by atoms with Crippen LogP contribution in [0.4, 0.5) is 11.4 Å². The molecule has 140 valence electrons. The highest BCUT2D eigenvalue weighted by Gasteiger charge is 2.31. The van der Waals surface area contributed by atoms with Gasteiger partial charge in [-0.25, -0.2) is 0 Å². The van der Waals surface area contributed by atoms with Crippen molar-refractivity contribution in [2.45, 2.75) is 32.7 Å². The van der Waals surface area contributed by atoms with Gasteiger partial charge in [0.05, 0.1) is 17.4 Å². The van der Waals surface area contributed by atoms with Crippen molar-refractivity contribution >= 4 is 23.2 Å². The Kier molecular flexibility index (Phi) is 5.21. The molecule has 7 nitrogen and oxygen atoms in total. The minimum absolute atomic E-state index is 0.00965. The summed E-state index contributed by atoms with van der Waals surface area (Å²) in [6.07, 6.45) is 0.380. The van der Waals surface area contributed by atoms with Gasteiger partial charge in [-0.2, -0.15) is 0 Å². The van der Waals surface area contributed by atoms with Gasteiger partial charge < -0.3 is 10.2 Å². The Bertz CT molecular complexity index is 893. The molecule has 3 rings (SSSR count). The summed E-state index contributed by atoms with van der Waals surface area (Å²) in [7, 11) is 0. The van der Waals surface area contributed by atoms with Gasteiger partial charge in [0, 0.05) is 30.8 Å². The predicted octanol–water partition coefficient (Wildman–Crippen LogP) is 2.68. The lowest BCUT2D eigenvalue weighted by atomic mass is 10.1. The number of rotatable bonds is 5. The van der Waals surface area contributed by atoms with Crippen molar-refractivity contribution in [3.63, 3.8) is 0 Å². The first kappa shape index (κ1) is 18.6. The van der Waals surface area contributed by atoms with E-state index >= 15 is 0 Å². The summed E-state index contributed by atoms with van der Waals surface area (Å²) in [6, 6.07) is 11.5. The molecule has 7 heteroatoms. The lowest BCUT2D eigenvalue weighted by Crippen LogP contribution is -2.38. The van der Waals surface area contributed by atoms with Gasteiger partial charge in [-0.05, 0) is 42.7 Å². The van der Waals surface area contributed by atoms with E-state index in [0.717, 1.165) is 11.3 Å². The number of carbonyl (C=O) groups is 2. The number of nitrogens with zero attached hydrogens (tertiary/aromatic N) is 2. The number of non-ortho nitro benzene ring substituents is 1. The fraction of sp³-hybridized carbons (Fsp3) is 0.300. The molecule has 0 bridgehead atoms. The second-order valence-electron chi connectivity index (χ2n) is 6.84. The van der Waals surface area contributed by atoms with Crippen LogP contribution >= 0.6 is 0 Å². The molecule has 27 heavy (non-hydrogen) atoms. The topological polar surface area (TPSA) is 92.6 Å². The van der Waals surface area contributed by atoms with Crippen LogP contribution in [0.25, 0.3) is 0 Å². The molecule has 2 amide bonds. The van der Waals surface area contributed by atoms with Crippen LogP contribution in [-0.2, 0) is 16.0 Å². The molecule has 1 aliphatic heterocycles. The summed E-state index contributed by atoms with van der Waals surface area (Å²) in [4.78, 5) is 36.5. The first-order chi connectivity index (χ1) is 12.8. The molecule has 2 aromatic carbocycles. The van der Waals surface area contributed by atoms with Crippen molar-refractivity contribution in [3.05, 3.63) is 69.3 Å². The van der Waals surface area contributed by atoms with E-state index in [4.69, 9.17) is 0 Å². The number of nitrogens with one attached hydrogen (secondary N) is 1. The standard InChI is InChI=1S/C20H21N3O4/c1-13-3-6-18(9-14(13)2)22-12-16(11-20(22)25)21-19(24)10-15-4-7-17(8-5-15)23(26)27/h3-9,16H,10-12H2,1-2H3,(H,21,24)/t16-/m0/s1. The van der Waals surface area contributed by atoms with Crippen molar-refractivity contribution in [2.24, 2.45) is 0 Å². The number of benzene rings is 2. The Labute approximate surface area is 157 Å². The fourth-order valence-electron chi connectivity index (χ4n) is 3.15. The lowest BCUT2D eigenvalue weighted by Gasteiger charge is -2.18. The first-order valence-corrected chi connectivity index (χ1v) is 8.74. The van der Waals surface area contributed by atoms with Gasteiger partial charge in [-0.3, -0.25) is 19.7 Å². The normalized spacial score (nSPS) is 16.4. The van der Waals surface area contributed by atoms with Crippen LogP contribution in [-0.4, -0.2) is 29.3 Å². The van der Waals surface area contributed by atoms with Crippen LogP contribution in [0.15, 0.2) is 42.5 Å². The molecular weight excluding hydrogens is 346 g/mol. The molecule has 0 aromatic heterocycles. The van der Waals surface area contributed by atoms with Crippen molar-refractivity contribution in [1.29, 1.82) is 0 Å². The zero-order chi connectivity index (χ0) is 19.6. The maximum Gasteiger partial charge on any atom is 0.269 e. The average molecular weight is 367 g/mol. The molecule has 1 aliphatic rings. The smallest absolute Gasteiger partial charge is 0.269 e. The second-order valence-corrected chi connectivity index (χ2v) is 6.84. The molecule has 0 radical (unpaired) electrons. The molecule has 1 N–H and O–H groups in total. The number of hydrogen-bond acceptors (Lipinski definition) is 4. The number of nitro groups is 1. The van der Waals surface area contributed by atoms with Gasteiger partial charge in [0.2, 0.25) is 11.8 Å². The molecule has 1 saturated heterocycles. The van der Waals surface area contributed by atoms with E-state index in [0.29, 0.717) is 12.1 Å². The highest BCUT2D eigenvalue weighted by atomic mass is 16.6. The highest BCUT2D eigenvalue weighted by molar-refractivity contribution is 5.97. The highest BCUT2D eigenvalue weighted by Crippen LogP contribution is 2.24. The van der Waals surface area contributed by atoms with Crippen molar-refractivity contribution in [1.82, 2.24) is 5.32 Å². The summed E-state index contributed by atoms with van der Waals surface area (Å²) >= 11 is 0. The van der Waals surface area contributed by atoms with Crippen LogP contribution in [0, 0.1) is 24.0 Å². The number of amides is 2. The van der Waals surface area contributed by atoms with E-state index in [-0.39, 0.29) is 36.4 Å². The number of nitro benzene ring substituents is 1. The molecule has 0 aliphatic carbocycles. The van der Waals surface area contributed by atoms with E-state index in [1.807, 2.05) is 32.0 Å². The maximum atomic E-state index is 12.3. The Morgan fingerprint density at radius 3 is 2.52 bits per heavy atom. The molecule has 0 spiro atoms. The van der Waals surface area contributed by atoms with Gasteiger partial charge in [-0.15, -0.1) is 0 Å². The van der Waals surface area contributed by atoms with E-state index in [2.05, 4.69) is 5.32 Å². The Morgan fingerprint density at radius 2 is 1.89 bits per heavy atom. The third-order valence-electron chi connectivity index (χ3n) is 4.80. The monoisotopic (exact) mass is 367 g/mol. The number of aryl methyl sites for hydroxylation is 2. The summed E-state index contributed by atoms with van der Waals surface area (Å²) in [5, 5.41) is 13.6. The van der Waals surface area contributed by atoms with Crippen molar-refractivity contribution in [2.75, 3.05) is 11.4 Å². The zero-order valence-electron chi connectivity index (χ0n) is 15.3. The van der Waals surface area contributed by atoms with Crippen molar-refractivity contribution in [3.8, 4) is 0 Å². The lowest BCUT2D eigenvalue weighted by molar-refractivity contribution is -0.384. The van der Waals surface area contributed by atoms with Crippen LogP contribution in [0.2, 0.25) is 0 Å². The van der Waals surface area contributed by atoms with Crippen LogP contribution < -0.4 is 10.2 Å². The van der Waals surface area contributed by atoms with Crippen LogP contribution in [0.3, 0.4) is 0 Å². The minimum atomic E-state index is -0.477. The first-order valence-electron chi connectivity index (χ1n) is 8.74. The Hall–Kier alpha value is -3.22. The fourth-order valence-corrected chi connectivity index (χ4v) is 3.15. The molecule has 0 unspecified atom stereocenters. The van der Waals surface area contributed by atoms with E-state index in [1.165, 1.54) is 17.7 Å².